The fourth-order valence-electron chi connectivity index (χ4n) is 4.93. The Morgan fingerprint density at radius 1 is 0.943 bits per heavy atom. The number of hydrogen-bond acceptors (Lipinski definition) is 4. The summed E-state index contributed by atoms with van der Waals surface area (Å²) in [7, 11) is 0. The number of rotatable bonds is 10. The molecule has 7 heteroatoms. The smallest absolute Gasteiger partial charge is 0.317 e. The van der Waals surface area contributed by atoms with Crippen LogP contribution in [0.25, 0.3) is 11.0 Å². The zero-order valence-corrected chi connectivity index (χ0v) is 20.2. The van der Waals surface area contributed by atoms with Gasteiger partial charge in [0.15, 0.2) is 0 Å². The Balaban J connectivity index is 1.25. The number of carbonyl (C=O) groups is 1. The summed E-state index contributed by atoms with van der Waals surface area (Å²) in [5.74, 6) is 0.475. The molecule has 35 heavy (non-hydrogen) atoms. The van der Waals surface area contributed by atoms with E-state index in [1.165, 1.54) is 27.5 Å². The molecule has 7 nitrogen and oxygen atoms in total. The largest absolute Gasteiger partial charge is 0.355 e. The standard InChI is InChI=1S/C28H34N4O3/c1-2-16-31-24-11-6-7-12-25(24)32(28(35)27(31)34)21-26(33)29-15-8-17-30-18-13-23(14-19-30)20-22-9-4-3-5-10-22/h2-7,9-12,23H,1,8,13-21H2,(H,29,33). The maximum atomic E-state index is 12.7. The van der Waals surface area contributed by atoms with E-state index in [0.29, 0.717) is 17.6 Å². The molecular weight excluding hydrogens is 440 g/mol. The van der Waals surface area contributed by atoms with Crippen LogP contribution in [0.15, 0.2) is 76.8 Å². The number of allylic oxidation sites excluding steroid dienone is 1. The molecule has 3 aromatic rings. The molecule has 0 bridgehead atoms. The third-order valence-electron chi connectivity index (χ3n) is 6.80. The molecule has 0 unspecified atom stereocenters. The second-order valence-corrected chi connectivity index (χ2v) is 9.26. The van der Waals surface area contributed by atoms with Crippen molar-refractivity contribution >= 4 is 16.9 Å². The van der Waals surface area contributed by atoms with Crippen LogP contribution in [0.2, 0.25) is 0 Å². The van der Waals surface area contributed by atoms with Gasteiger partial charge in [-0.3, -0.25) is 23.5 Å². The van der Waals surface area contributed by atoms with Crippen LogP contribution in [0, 0.1) is 5.92 Å². The van der Waals surface area contributed by atoms with Gasteiger partial charge in [0.2, 0.25) is 5.91 Å². The van der Waals surface area contributed by atoms with Gasteiger partial charge < -0.3 is 10.2 Å². The normalized spacial score (nSPS) is 14.7. The Bertz CT molecular complexity index is 1270. The van der Waals surface area contributed by atoms with Gasteiger partial charge in [-0.05, 0) is 68.9 Å². The third kappa shape index (κ3) is 6.17. The Labute approximate surface area is 205 Å². The van der Waals surface area contributed by atoms with Gasteiger partial charge >= 0.3 is 11.1 Å². The van der Waals surface area contributed by atoms with Gasteiger partial charge in [0.05, 0.1) is 11.0 Å². The quantitative estimate of drug-likeness (QED) is 0.279. The van der Waals surface area contributed by atoms with E-state index in [4.69, 9.17) is 0 Å². The van der Waals surface area contributed by atoms with Crippen molar-refractivity contribution in [1.29, 1.82) is 0 Å². The maximum absolute atomic E-state index is 12.7. The highest BCUT2D eigenvalue weighted by Gasteiger charge is 2.19. The van der Waals surface area contributed by atoms with Gasteiger partial charge in [0.25, 0.3) is 0 Å². The molecule has 1 aliphatic heterocycles. The minimum atomic E-state index is -0.695. The van der Waals surface area contributed by atoms with Crippen molar-refractivity contribution < 1.29 is 4.79 Å². The van der Waals surface area contributed by atoms with Crippen molar-refractivity contribution in [2.45, 2.75) is 38.8 Å². The number of hydrogen-bond donors (Lipinski definition) is 1. The average Bonchev–Trinajstić information content (AvgIpc) is 2.88. The highest BCUT2D eigenvalue weighted by Crippen LogP contribution is 2.21. The number of piperidine rings is 1. The van der Waals surface area contributed by atoms with Gasteiger partial charge in [0, 0.05) is 13.1 Å². The molecule has 0 atom stereocenters. The zero-order chi connectivity index (χ0) is 24.6. The molecule has 0 aliphatic carbocycles. The number of para-hydroxylation sites is 2. The molecule has 1 saturated heterocycles. The predicted octanol–water partition coefficient (Wildman–Crippen LogP) is 2.81. The lowest BCUT2D eigenvalue weighted by Gasteiger charge is -2.32. The number of nitrogens with zero attached hydrogens (tertiary/aromatic N) is 3. The number of amides is 1. The number of carbonyl (C=O) groups excluding carboxylic acids is 1. The second-order valence-electron chi connectivity index (χ2n) is 9.26. The first kappa shape index (κ1) is 24.7. The van der Waals surface area contributed by atoms with E-state index in [0.717, 1.165) is 38.4 Å². The van der Waals surface area contributed by atoms with E-state index < -0.39 is 11.1 Å². The molecule has 0 spiro atoms. The summed E-state index contributed by atoms with van der Waals surface area (Å²) >= 11 is 0. The summed E-state index contributed by atoms with van der Waals surface area (Å²) in [4.78, 5) is 40.3. The molecular formula is C28H34N4O3. The maximum Gasteiger partial charge on any atom is 0.317 e. The lowest BCUT2D eigenvalue weighted by molar-refractivity contribution is -0.121. The predicted molar refractivity (Wildman–Crippen MR) is 140 cm³/mol. The van der Waals surface area contributed by atoms with Crippen LogP contribution >= 0.6 is 0 Å². The molecule has 1 N–H and O–H groups in total. The fourth-order valence-corrected chi connectivity index (χ4v) is 4.93. The van der Waals surface area contributed by atoms with Crippen molar-refractivity contribution in [2.75, 3.05) is 26.2 Å². The topological polar surface area (TPSA) is 76.3 Å². The van der Waals surface area contributed by atoms with E-state index in [1.807, 2.05) is 0 Å². The van der Waals surface area contributed by atoms with E-state index in [-0.39, 0.29) is 19.0 Å². The van der Waals surface area contributed by atoms with Crippen molar-refractivity contribution in [3.63, 3.8) is 0 Å². The number of likely N-dealkylation sites (tertiary alicyclic amines) is 1. The first-order valence-electron chi connectivity index (χ1n) is 12.4. The summed E-state index contributed by atoms with van der Waals surface area (Å²) in [6.07, 6.45) is 5.99. The van der Waals surface area contributed by atoms with Crippen LogP contribution in [-0.2, 0) is 24.3 Å². The highest BCUT2D eigenvalue weighted by atomic mass is 16.2. The van der Waals surface area contributed by atoms with Crippen LogP contribution in [0.5, 0.6) is 0 Å². The SMILES string of the molecule is C=CCn1c(=O)c(=O)n(CC(=O)NCCCN2CCC(Cc3ccccc3)CC2)c2ccccc21. The Morgan fingerprint density at radius 3 is 2.26 bits per heavy atom. The lowest BCUT2D eigenvalue weighted by Crippen LogP contribution is -2.44. The van der Waals surface area contributed by atoms with E-state index in [2.05, 4.69) is 47.1 Å². The van der Waals surface area contributed by atoms with Crippen LogP contribution in [-0.4, -0.2) is 46.1 Å². The molecule has 0 radical (unpaired) electrons. The summed E-state index contributed by atoms with van der Waals surface area (Å²) in [6, 6.07) is 17.8. The van der Waals surface area contributed by atoms with Crippen molar-refractivity contribution in [3.8, 4) is 0 Å². The molecule has 4 rings (SSSR count). The number of nitrogens with one attached hydrogen (secondary N) is 1. The van der Waals surface area contributed by atoms with Crippen LogP contribution in [0.1, 0.15) is 24.8 Å². The molecule has 2 aromatic carbocycles. The number of aromatic nitrogens is 2. The van der Waals surface area contributed by atoms with Gasteiger partial charge in [0.1, 0.15) is 6.54 Å². The highest BCUT2D eigenvalue weighted by molar-refractivity contribution is 5.80. The third-order valence-corrected chi connectivity index (χ3v) is 6.80. The molecule has 1 aromatic heterocycles. The average molecular weight is 475 g/mol. The molecule has 2 heterocycles. The molecule has 184 valence electrons. The van der Waals surface area contributed by atoms with Crippen molar-refractivity contribution in [3.05, 3.63) is 93.5 Å². The van der Waals surface area contributed by atoms with Crippen molar-refractivity contribution in [2.24, 2.45) is 5.92 Å². The minimum absolute atomic E-state index is 0.172. The summed E-state index contributed by atoms with van der Waals surface area (Å²) < 4.78 is 2.66. The summed E-state index contributed by atoms with van der Waals surface area (Å²) in [6.45, 7) is 7.40. The van der Waals surface area contributed by atoms with Crippen LogP contribution in [0.4, 0.5) is 0 Å². The van der Waals surface area contributed by atoms with Crippen LogP contribution in [0.3, 0.4) is 0 Å². The van der Waals surface area contributed by atoms with E-state index >= 15 is 0 Å². The van der Waals surface area contributed by atoms with Gasteiger partial charge in [-0.1, -0.05) is 48.5 Å². The first-order chi connectivity index (χ1) is 17.1. The molecule has 0 saturated carbocycles. The molecule has 1 aliphatic rings. The minimum Gasteiger partial charge on any atom is -0.355 e. The molecule has 1 fully saturated rings. The van der Waals surface area contributed by atoms with Crippen molar-refractivity contribution in [1.82, 2.24) is 19.4 Å². The fraction of sp³-hybridized carbons (Fsp3) is 0.393. The monoisotopic (exact) mass is 474 g/mol. The number of fused-ring (bicyclic) bond motifs is 1. The summed E-state index contributed by atoms with van der Waals surface area (Å²) in [5, 5.41) is 2.91. The molecule has 1 amide bonds. The van der Waals surface area contributed by atoms with E-state index in [1.54, 1.807) is 30.3 Å². The van der Waals surface area contributed by atoms with E-state index in [9.17, 15) is 14.4 Å². The Hall–Kier alpha value is -3.45. The van der Waals surface area contributed by atoms with Gasteiger partial charge in [-0.25, -0.2) is 0 Å². The number of benzene rings is 2. The zero-order valence-electron chi connectivity index (χ0n) is 20.2. The van der Waals surface area contributed by atoms with Gasteiger partial charge in [-0.15, -0.1) is 6.58 Å². The van der Waals surface area contributed by atoms with Crippen LogP contribution < -0.4 is 16.4 Å². The summed E-state index contributed by atoms with van der Waals surface area (Å²) in [5.41, 5.74) is 1.25. The first-order valence-corrected chi connectivity index (χ1v) is 12.4. The lowest BCUT2D eigenvalue weighted by atomic mass is 9.90. The Kier molecular flexibility index (Phi) is 8.32. The van der Waals surface area contributed by atoms with Gasteiger partial charge in [-0.2, -0.15) is 0 Å². The Morgan fingerprint density at radius 2 is 1.57 bits per heavy atom. The second kappa shape index (κ2) is 11.8.